The highest BCUT2D eigenvalue weighted by Crippen LogP contribution is 2.29. The molecule has 0 radical (unpaired) electrons. The highest BCUT2D eigenvalue weighted by Gasteiger charge is 2.39. The van der Waals surface area contributed by atoms with Gasteiger partial charge in [0.2, 0.25) is 11.8 Å². The number of aliphatic hydroxyl groups is 1. The van der Waals surface area contributed by atoms with E-state index in [1.807, 2.05) is 0 Å². The third-order valence-electron chi connectivity index (χ3n) is 3.30. The average molecular weight is 226 g/mol. The van der Waals surface area contributed by atoms with Crippen molar-refractivity contribution in [2.24, 2.45) is 5.92 Å². The van der Waals surface area contributed by atoms with Gasteiger partial charge < -0.3 is 14.9 Å². The Morgan fingerprint density at radius 3 is 2.69 bits per heavy atom. The Balaban J connectivity index is 1.97. The lowest BCUT2D eigenvalue weighted by molar-refractivity contribution is -0.136. The molecule has 0 spiro atoms. The minimum Gasteiger partial charge on any atom is -0.395 e. The fraction of sp³-hybridized carbons (Fsp3) is 0.818. The summed E-state index contributed by atoms with van der Waals surface area (Å²) in [7, 11) is 1.73. The minimum absolute atomic E-state index is 0.00124. The topological polar surface area (TPSA) is 60.9 Å². The largest absolute Gasteiger partial charge is 0.395 e. The highest BCUT2D eigenvalue weighted by atomic mass is 16.3. The summed E-state index contributed by atoms with van der Waals surface area (Å²) in [6.07, 6.45) is 2.38. The van der Waals surface area contributed by atoms with Gasteiger partial charge in [0.25, 0.3) is 0 Å². The molecule has 2 fully saturated rings. The molecule has 90 valence electrons. The molecule has 1 aliphatic heterocycles. The molecule has 0 aromatic carbocycles. The van der Waals surface area contributed by atoms with E-state index >= 15 is 0 Å². The van der Waals surface area contributed by atoms with Gasteiger partial charge in [0.15, 0.2) is 0 Å². The van der Waals surface area contributed by atoms with E-state index in [0.717, 1.165) is 12.8 Å². The van der Waals surface area contributed by atoms with Gasteiger partial charge >= 0.3 is 0 Å². The smallest absolute Gasteiger partial charge is 0.228 e. The molecule has 16 heavy (non-hydrogen) atoms. The monoisotopic (exact) mass is 226 g/mol. The second-order valence-electron chi connectivity index (χ2n) is 4.66. The van der Waals surface area contributed by atoms with Crippen molar-refractivity contribution in [1.82, 2.24) is 9.80 Å². The number of likely N-dealkylation sites (tertiary alicyclic amines) is 1. The van der Waals surface area contributed by atoms with E-state index in [1.165, 1.54) is 0 Å². The predicted octanol–water partition coefficient (Wildman–Crippen LogP) is -0.552. The van der Waals surface area contributed by atoms with Crippen molar-refractivity contribution in [3.8, 4) is 0 Å². The Labute approximate surface area is 95.0 Å². The summed E-state index contributed by atoms with van der Waals surface area (Å²) >= 11 is 0. The maximum Gasteiger partial charge on any atom is 0.228 e. The molecule has 5 nitrogen and oxygen atoms in total. The van der Waals surface area contributed by atoms with Gasteiger partial charge in [-0.2, -0.15) is 0 Å². The van der Waals surface area contributed by atoms with Crippen LogP contribution in [0.1, 0.15) is 19.3 Å². The first-order chi connectivity index (χ1) is 7.63. The molecular formula is C11H18N2O3. The molecule has 1 saturated heterocycles. The fourth-order valence-corrected chi connectivity index (χ4v) is 2.23. The van der Waals surface area contributed by atoms with E-state index in [2.05, 4.69) is 0 Å². The van der Waals surface area contributed by atoms with Crippen molar-refractivity contribution in [2.75, 3.05) is 26.7 Å². The van der Waals surface area contributed by atoms with Gasteiger partial charge in [-0.05, 0) is 12.8 Å². The maximum absolute atomic E-state index is 12.1. The van der Waals surface area contributed by atoms with E-state index in [4.69, 9.17) is 5.11 Å². The van der Waals surface area contributed by atoms with Crippen LogP contribution in [0.5, 0.6) is 0 Å². The molecule has 1 heterocycles. The number of rotatable bonds is 4. The van der Waals surface area contributed by atoms with Crippen molar-refractivity contribution in [2.45, 2.75) is 25.3 Å². The third kappa shape index (κ3) is 2.19. The summed E-state index contributed by atoms with van der Waals surface area (Å²) in [6, 6.07) is 0.306. The van der Waals surface area contributed by atoms with Gasteiger partial charge in [0.1, 0.15) is 0 Å². The van der Waals surface area contributed by atoms with Gasteiger partial charge in [-0.15, -0.1) is 0 Å². The van der Waals surface area contributed by atoms with Crippen LogP contribution in [0.25, 0.3) is 0 Å². The zero-order chi connectivity index (χ0) is 11.7. The lowest BCUT2D eigenvalue weighted by atomic mass is 10.1. The zero-order valence-corrected chi connectivity index (χ0v) is 9.56. The molecule has 1 N–H and O–H groups in total. The highest BCUT2D eigenvalue weighted by molar-refractivity contribution is 5.89. The Hall–Kier alpha value is -1.10. The summed E-state index contributed by atoms with van der Waals surface area (Å²) in [5.41, 5.74) is 0. The van der Waals surface area contributed by atoms with Crippen LogP contribution < -0.4 is 0 Å². The molecule has 0 bridgehead atoms. The quantitative estimate of drug-likeness (QED) is 0.699. The molecule has 1 saturated carbocycles. The first-order valence-electron chi connectivity index (χ1n) is 5.78. The maximum atomic E-state index is 12.1. The van der Waals surface area contributed by atoms with Crippen LogP contribution in [-0.2, 0) is 9.59 Å². The predicted molar refractivity (Wildman–Crippen MR) is 57.6 cm³/mol. The van der Waals surface area contributed by atoms with Crippen LogP contribution in [-0.4, -0.2) is 59.5 Å². The normalized spacial score (nSPS) is 25.0. The molecule has 2 aliphatic rings. The van der Waals surface area contributed by atoms with Gasteiger partial charge in [-0.25, -0.2) is 0 Å². The summed E-state index contributed by atoms with van der Waals surface area (Å²) in [5, 5.41) is 8.94. The van der Waals surface area contributed by atoms with Gasteiger partial charge in [0.05, 0.1) is 12.5 Å². The van der Waals surface area contributed by atoms with E-state index < -0.39 is 0 Å². The first kappa shape index (κ1) is 11.4. The molecule has 5 heteroatoms. The molecule has 0 aromatic rings. The van der Waals surface area contributed by atoms with Crippen molar-refractivity contribution in [1.29, 1.82) is 0 Å². The van der Waals surface area contributed by atoms with Crippen molar-refractivity contribution in [3.63, 3.8) is 0 Å². The Morgan fingerprint density at radius 2 is 2.25 bits per heavy atom. The average Bonchev–Trinajstić information content (AvgIpc) is 3.02. The number of carbonyl (C=O) groups excluding carboxylic acids is 2. The summed E-state index contributed by atoms with van der Waals surface area (Å²) < 4.78 is 0. The van der Waals surface area contributed by atoms with Crippen LogP contribution in [0.15, 0.2) is 0 Å². The molecule has 2 amide bonds. The number of amides is 2. The lowest BCUT2D eigenvalue weighted by Crippen LogP contribution is -2.40. The van der Waals surface area contributed by atoms with E-state index in [-0.39, 0.29) is 24.3 Å². The van der Waals surface area contributed by atoms with Crippen LogP contribution in [0.4, 0.5) is 0 Å². The standard InChI is InChI=1S/C11H18N2O3/c1-12-7-8(6-10(12)15)11(16)13(4-5-14)9-2-3-9/h8-9,14H,2-7H2,1H3. The van der Waals surface area contributed by atoms with Crippen molar-refractivity contribution >= 4 is 11.8 Å². The number of hydrogen-bond donors (Lipinski definition) is 1. The molecule has 0 aromatic heterocycles. The van der Waals surface area contributed by atoms with E-state index in [9.17, 15) is 9.59 Å². The Kier molecular flexibility index (Phi) is 3.14. The SMILES string of the molecule is CN1CC(C(=O)N(CCO)C2CC2)CC1=O. The lowest BCUT2D eigenvalue weighted by Gasteiger charge is -2.24. The van der Waals surface area contributed by atoms with E-state index in [0.29, 0.717) is 25.6 Å². The number of hydrogen-bond acceptors (Lipinski definition) is 3. The minimum atomic E-state index is -0.204. The fourth-order valence-electron chi connectivity index (χ4n) is 2.23. The number of nitrogens with zero attached hydrogens (tertiary/aromatic N) is 2. The van der Waals surface area contributed by atoms with Crippen LogP contribution in [0.2, 0.25) is 0 Å². The number of aliphatic hydroxyl groups excluding tert-OH is 1. The van der Waals surface area contributed by atoms with Crippen LogP contribution >= 0.6 is 0 Å². The summed E-state index contributed by atoms with van der Waals surface area (Å²) in [5.74, 6) is -0.128. The van der Waals surface area contributed by atoms with Crippen molar-refractivity contribution in [3.05, 3.63) is 0 Å². The van der Waals surface area contributed by atoms with E-state index in [1.54, 1.807) is 16.8 Å². The zero-order valence-electron chi connectivity index (χ0n) is 9.56. The Morgan fingerprint density at radius 1 is 1.56 bits per heavy atom. The molecule has 1 atom stereocenters. The molecule has 1 unspecified atom stereocenters. The molecule has 1 aliphatic carbocycles. The van der Waals surface area contributed by atoms with Crippen LogP contribution in [0.3, 0.4) is 0 Å². The van der Waals surface area contributed by atoms with Crippen LogP contribution in [0, 0.1) is 5.92 Å². The second-order valence-corrected chi connectivity index (χ2v) is 4.66. The summed E-state index contributed by atoms with van der Waals surface area (Å²) in [4.78, 5) is 26.9. The van der Waals surface area contributed by atoms with Crippen molar-refractivity contribution < 1.29 is 14.7 Å². The molecular weight excluding hydrogens is 208 g/mol. The third-order valence-corrected chi connectivity index (χ3v) is 3.30. The number of carbonyl (C=O) groups is 2. The molecule has 2 rings (SSSR count). The van der Waals surface area contributed by atoms with Gasteiger partial charge in [0, 0.05) is 32.6 Å². The first-order valence-corrected chi connectivity index (χ1v) is 5.78. The van der Waals surface area contributed by atoms with Gasteiger partial charge in [-0.1, -0.05) is 0 Å². The second kappa shape index (κ2) is 4.41. The summed E-state index contributed by atoms with van der Waals surface area (Å²) in [6.45, 7) is 0.920. The Bertz CT molecular complexity index is 302. The van der Waals surface area contributed by atoms with Gasteiger partial charge in [-0.3, -0.25) is 9.59 Å².